The van der Waals surface area contributed by atoms with Crippen molar-refractivity contribution in [3.63, 3.8) is 0 Å². The molecule has 4 rings (SSSR count). The van der Waals surface area contributed by atoms with Crippen LogP contribution in [0, 0.1) is 25.2 Å². The molecule has 1 aliphatic carbocycles. The third-order valence-electron chi connectivity index (χ3n) is 6.25. The Bertz CT molecular complexity index is 810. The van der Waals surface area contributed by atoms with Gasteiger partial charge in [-0.3, -0.25) is 4.79 Å². The number of sulfonamides is 1. The maximum absolute atomic E-state index is 12.9. The van der Waals surface area contributed by atoms with Gasteiger partial charge in [0, 0.05) is 41.9 Å². The monoisotopic (exact) mass is 433 g/mol. The molecule has 1 unspecified atom stereocenters. The van der Waals surface area contributed by atoms with Crippen LogP contribution < -0.4 is 5.32 Å². The second-order valence-corrected chi connectivity index (χ2v) is 11.2. The lowest BCUT2D eigenvalue weighted by atomic mass is 9.91. The summed E-state index contributed by atoms with van der Waals surface area (Å²) in [6.07, 6.45) is 3.20. The molecule has 0 bridgehead atoms. The summed E-state index contributed by atoms with van der Waals surface area (Å²) in [7, 11) is -3.46. The zero-order valence-corrected chi connectivity index (χ0v) is 18.3. The van der Waals surface area contributed by atoms with Gasteiger partial charge in [0.1, 0.15) is 0 Å². The average Bonchev–Trinajstić information content (AvgIpc) is 3.19. The molecule has 6 nitrogen and oxygen atoms in total. The number of rotatable bonds is 3. The quantitative estimate of drug-likeness (QED) is 0.791. The van der Waals surface area contributed by atoms with Crippen LogP contribution in [0.2, 0.25) is 0 Å². The molecule has 1 amide bonds. The maximum Gasteiger partial charge on any atom is 0.244 e. The molecule has 3 fully saturated rings. The number of piperazine rings is 1. The number of carbonyl (C=O) groups is 1. The molecule has 3 heterocycles. The van der Waals surface area contributed by atoms with Gasteiger partial charge in [-0.2, -0.15) is 4.31 Å². The number of amides is 1. The number of carbonyl (C=O) groups excluding carboxylic acids is 1. The van der Waals surface area contributed by atoms with E-state index in [-0.39, 0.29) is 29.6 Å². The van der Waals surface area contributed by atoms with Crippen molar-refractivity contribution in [2.24, 2.45) is 11.3 Å². The highest BCUT2D eigenvalue weighted by Gasteiger charge is 2.58. The van der Waals surface area contributed by atoms with Crippen molar-refractivity contribution in [2.45, 2.75) is 38.0 Å². The van der Waals surface area contributed by atoms with Gasteiger partial charge in [0.2, 0.25) is 15.9 Å². The minimum Gasteiger partial charge on any atom is -0.340 e. The summed E-state index contributed by atoms with van der Waals surface area (Å²) in [6, 6.07) is 1.76. The molecule has 9 heteroatoms. The van der Waals surface area contributed by atoms with Gasteiger partial charge in [0.05, 0.1) is 4.90 Å². The number of aryl methyl sites for hydroxylation is 2. The first-order valence-electron chi connectivity index (χ1n) is 9.40. The third kappa shape index (κ3) is 3.79. The van der Waals surface area contributed by atoms with E-state index in [4.69, 9.17) is 0 Å². The number of hydrogen-bond donors (Lipinski definition) is 1. The third-order valence-corrected chi connectivity index (χ3v) is 9.37. The summed E-state index contributed by atoms with van der Waals surface area (Å²) < 4.78 is 27.4. The Morgan fingerprint density at radius 2 is 1.81 bits per heavy atom. The average molecular weight is 434 g/mol. The summed E-state index contributed by atoms with van der Waals surface area (Å²) in [5.74, 6) is 0.404. The zero-order valence-electron chi connectivity index (χ0n) is 15.9. The Morgan fingerprint density at radius 1 is 1.19 bits per heavy atom. The summed E-state index contributed by atoms with van der Waals surface area (Å²) >= 11 is 1.51. The molecule has 2 saturated heterocycles. The van der Waals surface area contributed by atoms with E-state index in [0.29, 0.717) is 31.1 Å². The van der Waals surface area contributed by atoms with Gasteiger partial charge < -0.3 is 10.2 Å². The molecule has 1 N–H and O–H groups in total. The molecule has 1 saturated carbocycles. The van der Waals surface area contributed by atoms with E-state index in [1.54, 1.807) is 10.4 Å². The van der Waals surface area contributed by atoms with E-state index in [9.17, 15) is 13.2 Å². The lowest BCUT2D eigenvalue weighted by Gasteiger charge is -2.35. The second-order valence-electron chi connectivity index (χ2n) is 7.88. The van der Waals surface area contributed by atoms with Gasteiger partial charge in [-0.15, -0.1) is 23.7 Å². The van der Waals surface area contributed by atoms with Crippen LogP contribution in [0.1, 0.15) is 29.0 Å². The van der Waals surface area contributed by atoms with Crippen LogP contribution >= 0.6 is 23.7 Å². The fourth-order valence-electron chi connectivity index (χ4n) is 4.55. The summed E-state index contributed by atoms with van der Waals surface area (Å²) in [5.41, 5.74) is 0.233. The van der Waals surface area contributed by atoms with Crippen LogP contribution in [0.4, 0.5) is 0 Å². The van der Waals surface area contributed by atoms with Crippen molar-refractivity contribution >= 4 is 39.7 Å². The molecule has 0 aromatic carbocycles. The van der Waals surface area contributed by atoms with Crippen molar-refractivity contribution in [1.82, 2.24) is 14.5 Å². The smallest absolute Gasteiger partial charge is 0.244 e. The van der Waals surface area contributed by atoms with E-state index in [2.05, 4.69) is 5.32 Å². The Balaban J connectivity index is 0.00000210. The van der Waals surface area contributed by atoms with Crippen molar-refractivity contribution in [2.75, 3.05) is 39.3 Å². The number of piperidine rings is 1. The fourth-order valence-corrected chi connectivity index (χ4v) is 7.49. The highest BCUT2D eigenvalue weighted by molar-refractivity contribution is 7.89. The Hall–Kier alpha value is -0.670. The van der Waals surface area contributed by atoms with Crippen LogP contribution in [0.15, 0.2) is 11.0 Å². The lowest BCUT2D eigenvalue weighted by molar-refractivity contribution is -0.134. The summed E-state index contributed by atoms with van der Waals surface area (Å²) in [4.78, 5) is 17.0. The lowest BCUT2D eigenvalue weighted by Crippen LogP contribution is -2.51. The largest absolute Gasteiger partial charge is 0.340 e. The summed E-state index contributed by atoms with van der Waals surface area (Å²) in [6.45, 7) is 7.60. The zero-order chi connectivity index (χ0) is 18.5. The first kappa shape index (κ1) is 21.0. The minimum absolute atomic E-state index is 0. The van der Waals surface area contributed by atoms with Gasteiger partial charge in [0.25, 0.3) is 0 Å². The first-order chi connectivity index (χ1) is 12.3. The standard InChI is InChI=1S/C18H27N3O3S2.ClH/c1-13-11-16(14(2)25-13)26(23,24)21-9-7-20(8-10-21)17(22)15-12-18(15)3-5-19-6-4-18;/h11,15,19H,3-10,12H2,1-2H3;1H. The molecule has 1 aromatic rings. The Morgan fingerprint density at radius 3 is 2.37 bits per heavy atom. The molecule has 27 heavy (non-hydrogen) atoms. The van der Waals surface area contributed by atoms with Crippen molar-refractivity contribution in [1.29, 1.82) is 0 Å². The van der Waals surface area contributed by atoms with Gasteiger partial charge in [-0.05, 0) is 57.7 Å². The molecular weight excluding hydrogens is 406 g/mol. The van der Waals surface area contributed by atoms with Crippen molar-refractivity contribution in [3.05, 3.63) is 15.8 Å². The second kappa shape index (κ2) is 7.63. The van der Waals surface area contributed by atoms with Crippen LogP contribution in [-0.2, 0) is 14.8 Å². The highest BCUT2D eigenvalue weighted by atomic mass is 35.5. The predicted octanol–water partition coefficient (Wildman–Crippen LogP) is 2.01. The highest BCUT2D eigenvalue weighted by Crippen LogP contribution is 2.59. The van der Waals surface area contributed by atoms with Gasteiger partial charge in [-0.25, -0.2) is 8.42 Å². The number of nitrogens with one attached hydrogen (secondary N) is 1. The van der Waals surface area contributed by atoms with E-state index >= 15 is 0 Å². The molecule has 3 aliphatic rings. The maximum atomic E-state index is 12.9. The number of hydrogen-bond acceptors (Lipinski definition) is 5. The van der Waals surface area contributed by atoms with Crippen LogP contribution in [0.25, 0.3) is 0 Å². The number of halogens is 1. The molecule has 2 aliphatic heterocycles. The van der Waals surface area contributed by atoms with Crippen molar-refractivity contribution in [3.8, 4) is 0 Å². The predicted molar refractivity (Wildman–Crippen MR) is 109 cm³/mol. The molecule has 1 aromatic heterocycles. The van der Waals surface area contributed by atoms with E-state index in [1.807, 2.05) is 18.7 Å². The topological polar surface area (TPSA) is 69.7 Å². The van der Waals surface area contributed by atoms with Gasteiger partial charge in [-0.1, -0.05) is 0 Å². The fraction of sp³-hybridized carbons (Fsp3) is 0.722. The molecule has 152 valence electrons. The van der Waals surface area contributed by atoms with E-state index in [0.717, 1.165) is 42.1 Å². The Labute approximate surface area is 171 Å². The number of nitrogens with zero attached hydrogens (tertiary/aromatic N) is 2. The van der Waals surface area contributed by atoms with E-state index in [1.165, 1.54) is 11.3 Å². The molecule has 0 radical (unpaired) electrons. The Kier molecular flexibility index (Phi) is 5.95. The van der Waals surface area contributed by atoms with Gasteiger partial charge in [0.15, 0.2) is 0 Å². The normalized spacial score (nSPS) is 25.3. The van der Waals surface area contributed by atoms with Crippen molar-refractivity contribution < 1.29 is 13.2 Å². The molecule has 1 atom stereocenters. The first-order valence-corrected chi connectivity index (χ1v) is 11.7. The van der Waals surface area contributed by atoms with Crippen LogP contribution in [0.5, 0.6) is 0 Å². The number of thiophene rings is 1. The molecular formula is C18H28ClN3O3S2. The van der Waals surface area contributed by atoms with Crippen LogP contribution in [-0.4, -0.2) is 62.8 Å². The van der Waals surface area contributed by atoms with Gasteiger partial charge >= 0.3 is 0 Å². The van der Waals surface area contributed by atoms with E-state index < -0.39 is 10.0 Å². The molecule has 1 spiro atoms. The SMILES string of the molecule is Cc1cc(S(=O)(=O)N2CCN(C(=O)C3CC34CCNCC4)CC2)c(C)s1.Cl. The summed E-state index contributed by atoms with van der Waals surface area (Å²) in [5, 5.41) is 3.37. The minimum atomic E-state index is -3.46. The van der Waals surface area contributed by atoms with Crippen LogP contribution in [0.3, 0.4) is 0 Å².